The van der Waals surface area contributed by atoms with Crippen LogP contribution >= 0.6 is 0 Å². The zero-order valence-electron chi connectivity index (χ0n) is 18.1. The summed E-state index contributed by atoms with van der Waals surface area (Å²) in [4.78, 5) is 36.8. The lowest BCUT2D eigenvalue weighted by Gasteiger charge is -2.35. The van der Waals surface area contributed by atoms with Crippen LogP contribution in [-0.2, 0) is 0 Å². The predicted octanol–water partition coefficient (Wildman–Crippen LogP) is 2.65. The molecule has 1 aliphatic heterocycles. The van der Waals surface area contributed by atoms with Crippen molar-refractivity contribution in [3.05, 3.63) is 66.5 Å². The molecular weight excluding hydrogens is 424 g/mol. The molecule has 1 saturated heterocycles. The quantitative estimate of drug-likeness (QED) is 0.590. The fourth-order valence-corrected chi connectivity index (χ4v) is 3.57. The molecule has 0 unspecified atom stereocenters. The Kier molecular flexibility index (Phi) is 6.53. The lowest BCUT2D eigenvalue weighted by molar-refractivity contribution is 0.0733. The Morgan fingerprint density at radius 1 is 0.970 bits per heavy atom. The lowest BCUT2D eigenvalue weighted by Crippen LogP contribution is -2.49. The van der Waals surface area contributed by atoms with Gasteiger partial charge in [-0.25, -0.2) is 9.78 Å². The van der Waals surface area contributed by atoms with Gasteiger partial charge in [0.25, 0.3) is 5.91 Å². The van der Waals surface area contributed by atoms with E-state index in [2.05, 4.69) is 20.2 Å². The van der Waals surface area contributed by atoms with E-state index in [1.165, 1.54) is 6.07 Å². The van der Waals surface area contributed by atoms with E-state index in [9.17, 15) is 9.59 Å². The number of rotatable bonds is 6. The number of anilines is 3. The maximum Gasteiger partial charge on any atom is 0.411 e. The van der Waals surface area contributed by atoms with Crippen molar-refractivity contribution in [3.63, 3.8) is 0 Å². The van der Waals surface area contributed by atoms with Crippen LogP contribution in [0.1, 0.15) is 10.6 Å². The summed E-state index contributed by atoms with van der Waals surface area (Å²) in [5.74, 6) is 0.261. The van der Waals surface area contributed by atoms with Crippen LogP contribution in [0.15, 0.2) is 60.7 Å². The molecule has 1 aromatic heterocycles. The normalized spacial score (nSPS) is 13.4. The SMILES string of the molecule is COc1ccccc1Nc1cc(OC(N)=O)nc(C(=O)N2CCN(c3ccccc3)CC2)n1. The monoisotopic (exact) mass is 448 g/mol. The molecule has 0 aliphatic carbocycles. The van der Waals surface area contributed by atoms with Crippen molar-refractivity contribution >= 4 is 29.2 Å². The average molecular weight is 448 g/mol. The summed E-state index contributed by atoms with van der Waals surface area (Å²) in [6.07, 6.45) is -1.04. The maximum atomic E-state index is 13.2. The second-order valence-electron chi connectivity index (χ2n) is 7.28. The summed E-state index contributed by atoms with van der Waals surface area (Å²) >= 11 is 0. The van der Waals surface area contributed by atoms with Gasteiger partial charge in [-0.05, 0) is 24.3 Å². The van der Waals surface area contributed by atoms with E-state index in [0.29, 0.717) is 37.6 Å². The average Bonchev–Trinajstić information content (AvgIpc) is 2.84. The molecule has 0 bridgehead atoms. The number of nitrogens with zero attached hydrogens (tertiary/aromatic N) is 4. The van der Waals surface area contributed by atoms with E-state index < -0.39 is 6.09 Å². The highest BCUT2D eigenvalue weighted by Gasteiger charge is 2.25. The van der Waals surface area contributed by atoms with Crippen molar-refractivity contribution in [3.8, 4) is 11.6 Å². The number of piperazine rings is 1. The smallest absolute Gasteiger partial charge is 0.411 e. The van der Waals surface area contributed by atoms with Crippen molar-refractivity contribution in [1.82, 2.24) is 14.9 Å². The minimum atomic E-state index is -1.04. The molecule has 10 nitrogen and oxygen atoms in total. The Morgan fingerprint density at radius 2 is 1.67 bits per heavy atom. The Labute approximate surface area is 190 Å². The zero-order chi connectivity index (χ0) is 23.2. The first kappa shape index (κ1) is 21.9. The molecule has 0 saturated carbocycles. The van der Waals surface area contributed by atoms with Crippen LogP contribution in [0.3, 0.4) is 0 Å². The molecule has 170 valence electrons. The van der Waals surface area contributed by atoms with Gasteiger partial charge in [-0.2, -0.15) is 4.98 Å². The second-order valence-corrected chi connectivity index (χ2v) is 7.28. The number of hydrogen-bond acceptors (Lipinski definition) is 8. The van der Waals surface area contributed by atoms with Gasteiger partial charge in [0.15, 0.2) is 0 Å². The van der Waals surface area contributed by atoms with E-state index in [1.54, 1.807) is 24.1 Å². The van der Waals surface area contributed by atoms with Gasteiger partial charge in [0, 0.05) is 37.9 Å². The van der Waals surface area contributed by atoms with Gasteiger partial charge in [-0.3, -0.25) is 4.79 Å². The zero-order valence-corrected chi connectivity index (χ0v) is 18.1. The number of ether oxygens (including phenoxy) is 2. The first-order valence-corrected chi connectivity index (χ1v) is 10.4. The van der Waals surface area contributed by atoms with Gasteiger partial charge < -0.3 is 30.3 Å². The summed E-state index contributed by atoms with van der Waals surface area (Å²) in [5.41, 5.74) is 6.89. The molecule has 3 N–H and O–H groups in total. The number of nitrogens with one attached hydrogen (secondary N) is 1. The first-order valence-electron chi connectivity index (χ1n) is 10.4. The number of benzene rings is 2. The van der Waals surface area contributed by atoms with Crippen LogP contribution in [0.5, 0.6) is 11.6 Å². The summed E-state index contributed by atoms with van der Waals surface area (Å²) in [6, 6.07) is 18.6. The molecule has 10 heteroatoms. The van der Waals surface area contributed by atoms with Crippen molar-refractivity contribution in [2.75, 3.05) is 43.5 Å². The minimum absolute atomic E-state index is 0.0979. The number of primary amides is 1. The number of amides is 2. The van der Waals surface area contributed by atoms with Gasteiger partial charge in [0.2, 0.25) is 11.7 Å². The molecule has 2 amide bonds. The van der Waals surface area contributed by atoms with Crippen molar-refractivity contribution in [2.45, 2.75) is 0 Å². The summed E-state index contributed by atoms with van der Waals surface area (Å²) in [6.45, 7) is 2.37. The van der Waals surface area contributed by atoms with Crippen LogP contribution < -0.4 is 25.4 Å². The predicted molar refractivity (Wildman–Crippen MR) is 123 cm³/mol. The Morgan fingerprint density at radius 3 is 2.36 bits per heavy atom. The fraction of sp³-hybridized carbons (Fsp3) is 0.217. The third-order valence-electron chi connectivity index (χ3n) is 5.16. The van der Waals surface area contributed by atoms with Crippen molar-refractivity contribution < 1.29 is 19.1 Å². The topological polar surface area (TPSA) is 123 Å². The van der Waals surface area contributed by atoms with E-state index in [-0.39, 0.29) is 23.4 Å². The van der Waals surface area contributed by atoms with E-state index >= 15 is 0 Å². The summed E-state index contributed by atoms with van der Waals surface area (Å²) in [5, 5.41) is 3.08. The maximum absolute atomic E-state index is 13.2. The molecule has 0 radical (unpaired) electrons. The van der Waals surface area contributed by atoms with E-state index in [1.807, 2.05) is 42.5 Å². The highest BCUT2D eigenvalue weighted by atomic mass is 16.6. The van der Waals surface area contributed by atoms with Crippen LogP contribution in [0.4, 0.5) is 22.0 Å². The molecule has 1 aliphatic rings. The van der Waals surface area contributed by atoms with Crippen molar-refractivity contribution in [2.24, 2.45) is 5.73 Å². The largest absolute Gasteiger partial charge is 0.495 e. The number of aromatic nitrogens is 2. The Bertz CT molecular complexity index is 1130. The molecule has 33 heavy (non-hydrogen) atoms. The molecule has 2 heterocycles. The molecule has 0 atom stereocenters. The van der Waals surface area contributed by atoms with Crippen LogP contribution in [0.25, 0.3) is 0 Å². The Hall–Kier alpha value is -4.34. The number of carbonyl (C=O) groups excluding carboxylic acids is 2. The number of carbonyl (C=O) groups is 2. The van der Waals surface area contributed by atoms with Gasteiger partial charge in [0.1, 0.15) is 11.6 Å². The van der Waals surface area contributed by atoms with Crippen LogP contribution in [0, 0.1) is 0 Å². The molecule has 2 aromatic carbocycles. The molecule has 1 fully saturated rings. The van der Waals surface area contributed by atoms with Gasteiger partial charge >= 0.3 is 6.09 Å². The second kappa shape index (κ2) is 9.86. The van der Waals surface area contributed by atoms with Gasteiger partial charge in [-0.1, -0.05) is 30.3 Å². The third kappa shape index (κ3) is 5.29. The minimum Gasteiger partial charge on any atom is -0.495 e. The van der Waals surface area contributed by atoms with Gasteiger partial charge in [0.05, 0.1) is 12.8 Å². The number of nitrogens with two attached hydrogens (primary N) is 1. The third-order valence-corrected chi connectivity index (χ3v) is 5.16. The standard InChI is InChI=1S/C23H24N6O4/c1-32-18-10-6-5-9-17(18)25-19-15-20(33-23(24)31)27-21(26-19)22(30)29-13-11-28(12-14-29)16-7-3-2-4-8-16/h2-10,15H,11-14H2,1H3,(H2,24,31)(H,25,26,27). The highest BCUT2D eigenvalue weighted by molar-refractivity contribution is 5.91. The molecule has 0 spiro atoms. The molecule has 3 aromatic rings. The van der Waals surface area contributed by atoms with E-state index in [0.717, 1.165) is 5.69 Å². The number of hydrogen-bond donors (Lipinski definition) is 2. The Balaban J connectivity index is 1.54. The van der Waals surface area contributed by atoms with Crippen LogP contribution in [-0.4, -0.2) is 60.2 Å². The van der Waals surface area contributed by atoms with E-state index in [4.69, 9.17) is 15.2 Å². The molecule has 4 rings (SSSR count). The number of methoxy groups -OCH3 is 1. The summed E-state index contributed by atoms with van der Waals surface area (Å²) < 4.78 is 10.3. The fourth-order valence-electron chi connectivity index (χ4n) is 3.57. The summed E-state index contributed by atoms with van der Waals surface area (Å²) in [7, 11) is 1.55. The van der Waals surface area contributed by atoms with Gasteiger partial charge in [-0.15, -0.1) is 0 Å². The highest BCUT2D eigenvalue weighted by Crippen LogP contribution is 2.27. The molecular formula is C23H24N6O4. The van der Waals surface area contributed by atoms with Crippen LogP contribution in [0.2, 0.25) is 0 Å². The number of para-hydroxylation sites is 3. The lowest BCUT2D eigenvalue weighted by atomic mass is 10.2. The first-order chi connectivity index (χ1) is 16.0. The van der Waals surface area contributed by atoms with Crippen molar-refractivity contribution in [1.29, 1.82) is 0 Å².